The summed E-state index contributed by atoms with van der Waals surface area (Å²) in [7, 11) is 0. The number of aliphatic hydroxyl groups excluding tert-OH is 2. The SMILES string of the molecule is CCCCC/C=C\C/C=C\CCCCCCCCCCCC(=O)OCCCCCCCCCCCCCCCCCCCCCCCC(=O)NC(CO)C(O)CCCCCCCCCCCCCCCCCCCCCCCCCCC. The first-order valence-electron chi connectivity index (χ1n) is 37.6. The summed E-state index contributed by atoms with van der Waals surface area (Å²) < 4.78 is 5.51. The molecule has 6 nitrogen and oxygen atoms in total. The molecule has 0 rings (SSSR count). The van der Waals surface area contributed by atoms with Crippen LogP contribution >= 0.6 is 0 Å². The first-order chi connectivity index (χ1) is 40.5. The number of rotatable bonds is 71. The van der Waals surface area contributed by atoms with Crippen molar-refractivity contribution < 1.29 is 24.5 Å². The Morgan fingerprint density at radius 2 is 0.610 bits per heavy atom. The number of nitrogens with one attached hydrogen (secondary N) is 1. The minimum absolute atomic E-state index is 0.00962. The Morgan fingerprint density at radius 3 is 0.951 bits per heavy atom. The minimum Gasteiger partial charge on any atom is -0.466 e. The molecule has 2 unspecified atom stereocenters. The Labute approximate surface area is 513 Å². The van der Waals surface area contributed by atoms with Crippen LogP contribution in [0.15, 0.2) is 24.3 Å². The molecule has 0 aliphatic carbocycles. The molecule has 0 saturated heterocycles. The van der Waals surface area contributed by atoms with Crippen LogP contribution in [0.25, 0.3) is 0 Å². The van der Waals surface area contributed by atoms with E-state index in [4.69, 9.17) is 4.74 Å². The van der Waals surface area contributed by atoms with Gasteiger partial charge in [0.1, 0.15) is 0 Å². The van der Waals surface area contributed by atoms with Gasteiger partial charge in [-0.1, -0.05) is 378 Å². The second kappa shape index (κ2) is 71.8. The van der Waals surface area contributed by atoms with E-state index in [9.17, 15) is 19.8 Å². The number of allylic oxidation sites excluding steroid dienone is 4. The molecule has 1 amide bonds. The van der Waals surface area contributed by atoms with Crippen LogP contribution in [0.5, 0.6) is 0 Å². The van der Waals surface area contributed by atoms with Gasteiger partial charge in [0.25, 0.3) is 0 Å². The van der Waals surface area contributed by atoms with E-state index in [2.05, 4.69) is 43.5 Å². The smallest absolute Gasteiger partial charge is 0.305 e. The van der Waals surface area contributed by atoms with E-state index in [1.54, 1.807) is 0 Å². The highest BCUT2D eigenvalue weighted by atomic mass is 16.5. The lowest BCUT2D eigenvalue weighted by Gasteiger charge is -2.22. The summed E-state index contributed by atoms with van der Waals surface area (Å²) in [5.74, 6) is -0.0210. The summed E-state index contributed by atoms with van der Waals surface area (Å²) in [5.41, 5.74) is 0. The summed E-state index contributed by atoms with van der Waals surface area (Å²) in [5, 5.41) is 23.5. The molecule has 0 heterocycles. The molecule has 0 radical (unpaired) electrons. The van der Waals surface area contributed by atoms with Crippen LogP contribution < -0.4 is 5.32 Å². The van der Waals surface area contributed by atoms with E-state index in [-0.39, 0.29) is 18.5 Å². The normalized spacial score (nSPS) is 12.6. The predicted molar refractivity (Wildman–Crippen MR) is 361 cm³/mol. The zero-order valence-electron chi connectivity index (χ0n) is 55.8. The van der Waals surface area contributed by atoms with Crippen molar-refractivity contribution in [2.24, 2.45) is 0 Å². The van der Waals surface area contributed by atoms with Gasteiger partial charge in [0.2, 0.25) is 5.91 Å². The fourth-order valence-electron chi connectivity index (χ4n) is 12.0. The van der Waals surface area contributed by atoms with E-state index in [1.165, 1.54) is 340 Å². The van der Waals surface area contributed by atoms with Crippen molar-refractivity contribution >= 4 is 11.9 Å². The number of amides is 1. The number of ether oxygens (including phenoxy) is 1. The third kappa shape index (κ3) is 67.5. The number of carbonyl (C=O) groups excluding carboxylic acids is 2. The van der Waals surface area contributed by atoms with Crippen molar-refractivity contribution in [3.05, 3.63) is 24.3 Å². The molecule has 0 aliphatic heterocycles. The molecule has 486 valence electrons. The van der Waals surface area contributed by atoms with Gasteiger partial charge in [0, 0.05) is 12.8 Å². The van der Waals surface area contributed by atoms with Gasteiger partial charge < -0.3 is 20.3 Å². The Morgan fingerprint density at radius 1 is 0.341 bits per heavy atom. The Kier molecular flexibility index (Phi) is 70.4. The van der Waals surface area contributed by atoms with Gasteiger partial charge in [-0.05, 0) is 57.8 Å². The van der Waals surface area contributed by atoms with Crippen molar-refractivity contribution in [1.29, 1.82) is 0 Å². The third-order valence-electron chi connectivity index (χ3n) is 17.8. The average Bonchev–Trinajstić information content (AvgIpc) is 3.48. The van der Waals surface area contributed by atoms with Crippen LogP contribution in [0.1, 0.15) is 425 Å². The fraction of sp³-hybridized carbons (Fsp3) is 0.921. The van der Waals surface area contributed by atoms with Gasteiger partial charge in [-0.15, -0.1) is 0 Å². The molecular formula is C76H147NO5. The lowest BCUT2D eigenvalue weighted by Crippen LogP contribution is -2.45. The number of hydrogen-bond donors (Lipinski definition) is 3. The standard InChI is InChI=1S/C76H147NO5/c1-3-5-7-9-11-13-15-17-19-21-23-24-25-26-27-29-33-36-40-44-48-52-56-60-64-68-74(79)73(72-78)77-75(80)69-65-61-57-53-49-45-41-37-34-30-28-31-35-39-43-47-51-55-59-63-67-71-82-76(81)70-66-62-58-54-50-46-42-38-32-22-20-18-16-14-12-10-8-6-4-2/h12,14,18,20,73-74,78-79H,3-11,13,15-17,19,21-72H2,1-2H3,(H,77,80)/b14-12-,20-18-. The van der Waals surface area contributed by atoms with E-state index in [1.807, 2.05) is 0 Å². The van der Waals surface area contributed by atoms with Gasteiger partial charge in [-0.3, -0.25) is 9.59 Å². The fourth-order valence-corrected chi connectivity index (χ4v) is 12.0. The number of aliphatic hydroxyl groups is 2. The topological polar surface area (TPSA) is 95.9 Å². The van der Waals surface area contributed by atoms with Crippen LogP contribution in [0.3, 0.4) is 0 Å². The van der Waals surface area contributed by atoms with Crippen LogP contribution in [0, 0.1) is 0 Å². The van der Waals surface area contributed by atoms with Crippen molar-refractivity contribution in [2.75, 3.05) is 13.2 Å². The van der Waals surface area contributed by atoms with Crippen LogP contribution in [0.2, 0.25) is 0 Å². The number of unbranched alkanes of at least 4 members (excludes halogenated alkanes) is 56. The maximum Gasteiger partial charge on any atom is 0.305 e. The summed E-state index contributed by atoms with van der Waals surface area (Å²) in [6.07, 6.45) is 90.9. The minimum atomic E-state index is -0.667. The molecule has 0 spiro atoms. The summed E-state index contributed by atoms with van der Waals surface area (Å²) >= 11 is 0. The summed E-state index contributed by atoms with van der Waals surface area (Å²) in [4.78, 5) is 24.7. The highest BCUT2D eigenvalue weighted by Gasteiger charge is 2.20. The molecule has 3 N–H and O–H groups in total. The van der Waals surface area contributed by atoms with E-state index in [0.29, 0.717) is 25.9 Å². The highest BCUT2D eigenvalue weighted by molar-refractivity contribution is 5.76. The Hall–Kier alpha value is -1.66. The van der Waals surface area contributed by atoms with Crippen LogP contribution in [-0.4, -0.2) is 47.4 Å². The largest absolute Gasteiger partial charge is 0.466 e. The van der Waals surface area contributed by atoms with Gasteiger partial charge >= 0.3 is 5.97 Å². The zero-order chi connectivity index (χ0) is 59.2. The van der Waals surface area contributed by atoms with E-state index in [0.717, 1.165) is 51.4 Å². The molecular weight excluding hydrogens is 1010 g/mol. The molecule has 82 heavy (non-hydrogen) atoms. The molecule has 0 fully saturated rings. The average molecular weight is 1160 g/mol. The molecule has 6 heteroatoms. The number of hydrogen-bond acceptors (Lipinski definition) is 5. The van der Waals surface area contributed by atoms with Gasteiger partial charge in [-0.25, -0.2) is 0 Å². The van der Waals surface area contributed by atoms with E-state index >= 15 is 0 Å². The third-order valence-corrected chi connectivity index (χ3v) is 17.8. The molecule has 0 aromatic rings. The lowest BCUT2D eigenvalue weighted by atomic mass is 10.0. The second-order valence-corrected chi connectivity index (χ2v) is 26.0. The van der Waals surface area contributed by atoms with Crippen molar-refractivity contribution in [3.8, 4) is 0 Å². The molecule has 0 aromatic carbocycles. The van der Waals surface area contributed by atoms with Crippen molar-refractivity contribution in [2.45, 2.75) is 437 Å². The molecule has 0 bridgehead atoms. The van der Waals surface area contributed by atoms with Crippen molar-refractivity contribution in [1.82, 2.24) is 5.32 Å². The van der Waals surface area contributed by atoms with Gasteiger partial charge in [0.05, 0.1) is 25.4 Å². The van der Waals surface area contributed by atoms with Crippen LogP contribution in [0.4, 0.5) is 0 Å². The maximum absolute atomic E-state index is 12.6. The first-order valence-corrected chi connectivity index (χ1v) is 37.6. The van der Waals surface area contributed by atoms with Crippen molar-refractivity contribution in [3.63, 3.8) is 0 Å². The Bertz CT molecular complexity index is 1280. The van der Waals surface area contributed by atoms with E-state index < -0.39 is 12.1 Å². The quantitative estimate of drug-likeness (QED) is 0.0320. The Balaban J connectivity index is 3.37. The molecule has 0 aliphatic rings. The number of carbonyl (C=O) groups is 2. The van der Waals surface area contributed by atoms with Crippen LogP contribution in [-0.2, 0) is 14.3 Å². The van der Waals surface area contributed by atoms with Gasteiger partial charge in [0.15, 0.2) is 0 Å². The monoisotopic (exact) mass is 1150 g/mol. The molecule has 2 atom stereocenters. The maximum atomic E-state index is 12.6. The zero-order valence-corrected chi connectivity index (χ0v) is 55.8. The van der Waals surface area contributed by atoms with Gasteiger partial charge in [-0.2, -0.15) is 0 Å². The second-order valence-electron chi connectivity index (χ2n) is 26.0. The lowest BCUT2D eigenvalue weighted by molar-refractivity contribution is -0.143. The summed E-state index contributed by atoms with van der Waals surface area (Å²) in [6, 6.07) is -0.544. The predicted octanol–water partition coefficient (Wildman–Crippen LogP) is 24.5. The first kappa shape index (κ1) is 80.3. The summed E-state index contributed by atoms with van der Waals surface area (Å²) in [6.45, 7) is 4.97. The molecule has 0 saturated carbocycles. The molecule has 0 aromatic heterocycles. The number of esters is 1. The highest BCUT2D eigenvalue weighted by Crippen LogP contribution is 2.20.